The molecule has 2 rings (SSSR count). The summed E-state index contributed by atoms with van der Waals surface area (Å²) in [5, 5.41) is 4.92. The Morgan fingerprint density at radius 2 is 2.17 bits per heavy atom. The van der Waals surface area contributed by atoms with Crippen LogP contribution in [0.4, 0.5) is 5.69 Å². The molecule has 0 fully saturated rings. The van der Waals surface area contributed by atoms with Crippen LogP contribution >= 0.6 is 38.9 Å². The lowest BCUT2D eigenvalue weighted by atomic mass is 10.2. The van der Waals surface area contributed by atoms with Crippen LogP contribution in [0.3, 0.4) is 0 Å². The lowest BCUT2D eigenvalue weighted by Gasteiger charge is -2.15. The minimum Gasteiger partial charge on any atom is -0.375 e. The van der Waals surface area contributed by atoms with Gasteiger partial charge in [0.1, 0.15) is 0 Å². The highest BCUT2D eigenvalue weighted by atomic mass is 79.9. The number of rotatable bonds is 3. The van der Waals surface area contributed by atoms with E-state index in [-0.39, 0.29) is 6.04 Å². The van der Waals surface area contributed by atoms with E-state index in [0.717, 1.165) is 20.9 Å². The van der Waals surface area contributed by atoms with Crippen LogP contribution < -0.4 is 5.32 Å². The standard InChI is InChI=1S/C12H13BrClN3S/c1-6-11(18-8(3)16-6)7(2)17-10-4-9(13)5-15-12(10)14/h4-5,7,17H,1-3H3. The van der Waals surface area contributed by atoms with E-state index in [0.29, 0.717) is 5.15 Å². The first-order valence-electron chi connectivity index (χ1n) is 5.49. The molecule has 0 radical (unpaired) electrons. The Morgan fingerprint density at radius 1 is 1.44 bits per heavy atom. The van der Waals surface area contributed by atoms with Crippen LogP contribution in [0.25, 0.3) is 0 Å². The Morgan fingerprint density at radius 3 is 2.78 bits per heavy atom. The fourth-order valence-corrected chi connectivity index (χ4v) is 3.19. The molecule has 96 valence electrons. The van der Waals surface area contributed by atoms with Gasteiger partial charge in [-0.3, -0.25) is 0 Å². The Bertz CT molecular complexity index is 570. The number of hydrogen-bond acceptors (Lipinski definition) is 4. The van der Waals surface area contributed by atoms with Gasteiger partial charge < -0.3 is 5.32 Å². The molecule has 0 bridgehead atoms. The van der Waals surface area contributed by atoms with E-state index < -0.39 is 0 Å². The highest BCUT2D eigenvalue weighted by Gasteiger charge is 2.14. The number of hydrogen-bond donors (Lipinski definition) is 1. The summed E-state index contributed by atoms with van der Waals surface area (Å²) < 4.78 is 0.902. The maximum atomic E-state index is 6.07. The van der Waals surface area contributed by atoms with Gasteiger partial charge >= 0.3 is 0 Å². The Balaban J connectivity index is 2.23. The first-order valence-corrected chi connectivity index (χ1v) is 7.47. The highest BCUT2D eigenvalue weighted by Crippen LogP contribution is 2.30. The predicted molar refractivity (Wildman–Crippen MR) is 80.6 cm³/mol. The van der Waals surface area contributed by atoms with Crippen molar-refractivity contribution in [3.8, 4) is 0 Å². The molecule has 2 heterocycles. The third-order valence-electron chi connectivity index (χ3n) is 2.51. The van der Waals surface area contributed by atoms with E-state index >= 15 is 0 Å². The lowest BCUT2D eigenvalue weighted by Crippen LogP contribution is -2.07. The zero-order chi connectivity index (χ0) is 13.3. The summed E-state index contributed by atoms with van der Waals surface area (Å²) in [6.45, 7) is 6.14. The van der Waals surface area contributed by atoms with Gasteiger partial charge in [0.05, 0.1) is 22.4 Å². The molecular weight excluding hydrogens is 334 g/mol. The molecule has 3 nitrogen and oxygen atoms in total. The largest absolute Gasteiger partial charge is 0.375 e. The molecule has 0 aliphatic rings. The zero-order valence-corrected chi connectivity index (χ0v) is 13.4. The van der Waals surface area contributed by atoms with Gasteiger partial charge in [0, 0.05) is 15.5 Å². The van der Waals surface area contributed by atoms with E-state index in [1.54, 1.807) is 17.5 Å². The molecule has 2 aromatic rings. The SMILES string of the molecule is Cc1nc(C)c(C(C)Nc2cc(Br)cnc2Cl)s1. The quantitative estimate of drug-likeness (QED) is 0.815. The molecule has 2 aromatic heterocycles. The van der Waals surface area contributed by atoms with E-state index in [2.05, 4.69) is 38.1 Å². The molecule has 0 amide bonds. The summed E-state index contributed by atoms with van der Waals surface area (Å²) >= 11 is 11.2. The fourth-order valence-electron chi connectivity index (χ4n) is 1.77. The first kappa shape index (κ1) is 13.8. The molecule has 0 aromatic carbocycles. The Labute approximate surface area is 124 Å². The van der Waals surface area contributed by atoms with Gasteiger partial charge in [-0.2, -0.15) is 0 Å². The molecule has 18 heavy (non-hydrogen) atoms. The average Bonchev–Trinajstić information content (AvgIpc) is 2.63. The Kier molecular flexibility index (Phi) is 4.25. The van der Waals surface area contributed by atoms with Crippen molar-refractivity contribution in [2.24, 2.45) is 0 Å². The second-order valence-corrected chi connectivity index (χ2v) is 6.55. The maximum absolute atomic E-state index is 6.07. The normalized spacial score (nSPS) is 12.5. The maximum Gasteiger partial charge on any atom is 0.152 e. The highest BCUT2D eigenvalue weighted by molar-refractivity contribution is 9.10. The number of pyridine rings is 1. The third-order valence-corrected chi connectivity index (χ3v) is 4.50. The number of aromatic nitrogens is 2. The van der Waals surface area contributed by atoms with E-state index in [9.17, 15) is 0 Å². The van der Waals surface area contributed by atoms with Crippen molar-refractivity contribution in [2.75, 3.05) is 5.32 Å². The molecule has 0 spiro atoms. The molecular formula is C12H13BrClN3S. The van der Waals surface area contributed by atoms with Gasteiger partial charge in [0.25, 0.3) is 0 Å². The van der Waals surface area contributed by atoms with Gasteiger partial charge in [-0.15, -0.1) is 11.3 Å². The van der Waals surface area contributed by atoms with Gasteiger partial charge in [0.2, 0.25) is 0 Å². The van der Waals surface area contributed by atoms with Crippen LogP contribution in [-0.4, -0.2) is 9.97 Å². The fraction of sp³-hybridized carbons (Fsp3) is 0.333. The summed E-state index contributed by atoms with van der Waals surface area (Å²) in [6.07, 6.45) is 1.68. The molecule has 0 aliphatic carbocycles. The summed E-state index contributed by atoms with van der Waals surface area (Å²) in [6, 6.07) is 2.08. The van der Waals surface area contributed by atoms with Gasteiger partial charge in [0.15, 0.2) is 5.15 Å². The van der Waals surface area contributed by atoms with Gasteiger partial charge in [-0.1, -0.05) is 11.6 Å². The molecule has 6 heteroatoms. The van der Waals surface area contributed by atoms with Crippen LogP contribution in [0, 0.1) is 13.8 Å². The van der Waals surface area contributed by atoms with Crippen molar-refractivity contribution < 1.29 is 0 Å². The summed E-state index contributed by atoms with van der Waals surface area (Å²) in [5.41, 5.74) is 1.89. The van der Waals surface area contributed by atoms with Crippen molar-refractivity contribution in [1.29, 1.82) is 0 Å². The summed E-state index contributed by atoms with van der Waals surface area (Å²) in [7, 11) is 0. The monoisotopic (exact) mass is 345 g/mol. The zero-order valence-electron chi connectivity index (χ0n) is 10.3. The molecule has 0 saturated heterocycles. The molecule has 0 aliphatic heterocycles. The molecule has 1 N–H and O–H groups in total. The number of thiazole rings is 1. The topological polar surface area (TPSA) is 37.8 Å². The predicted octanol–water partition coefficient (Wildman–Crippen LogP) is 4.74. The van der Waals surface area contributed by atoms with Crippen molar-refractivity contribution >= 4 is 44.6 Å². The van der Waals surface area contributed by atoms with Crippen LogP contribution in [0.15, 0.2) is 16.7 Å². The number of nitrogens with zero attached hydrogens (tertiary/aromatic N) is 2. The minimum absolute atomic E-state index is 0.157. The number of aryl methyl sites for hydroxylation is 2. The first-order chi connectivity index (χ1) is 8.47. The van der Waals surface area contributed by atoms with Crippen LogP contribution in [0.2, 0.25) is 5.15 Å². The third kappa shape index (κ3) is 3.02. The minimum atomic E-state index is 0.157. The van der Waals surface area contributed by atoms with Crippen molar-refractivity contribution in [1.82, 2.24) is 9.97 Å². The van der Waals surface area contributed by atoms with Crippen LogP contribution in [0.1, 0.15) is 28.5 Å². The van der Waals surface area contributed by atoms with Crippen LogP contribution in [-0.2, 0) is 0 Å². The summed E-state index contributed by atoms with van der Waals surface area (Å²) in [4.78, 5) is 9.76. The van der Waals surface area contributed by atoms with Crippen molar-refractivity contribution in [2.45, 2.75) is 26.8 Å². The molecule has 1 atom stereocenters. The lowest BCUT2D eigenvalue weighted by molar-refractivity contribution is 0.887. The second kappa shape index (κ2) is 5.55. The molecule has 1 unspecified atom stereocenters. The van der Waals surface area contributed by atoms with E-state index in [1.807, 2.05) is 19.9 Å². The number of anilines is 1. The van der Waals surface area contributed by atoms with Crippen LogP contribution in [0.5, 0.6) is 0 Å². The summed E-state index contributed by atoms with van der Waals surface area (Å²) in [5.74, 6) is 0. The second-order valence-electron chi connectivity index (χ2n) is 4.04. The number of halogens is 2. The van der Waals surface area contributed by atoms with E-state index in [1.165, 1.54) is 4.88 Å². The van der Waals surface area contributed by atoms with Crippen molar-refractivity contribution in [3.05, 3.63) is 37.5 Å². The smallest absolute Gasteiger partial charge is 0.152 e. The van der Waals surface area contributed by atoms with Gasteiger partial charge in [-0.05, 0) is 42.8 Å². The van der Waals surface area contributed by atoms with Crippen molar-refractivity contribution in [3.63, 3.8) is 0 Å². The Hall–Kier alpha value is -0.650. The average molecular weight is 347 g/mol. The van der Waals surface area contributed by atoms with Gasteiger partial charge in [-0.25, -0.2) is 9.97 Å². The number of nitrogens with one attached hydrogen (secondary N) is 1. The molecule has 0 saturated carbocycles. The van der Waals surface area contributed by atoms with E-state index in [4.69, 9.17) is 11.6 Å².